The fraction of sp³-hybridized carbons (Fsp3) is 0.714. The first-order valence-corrected chi connectivity index (χ1v) is 15.4. The van der Waals surface area contributed by atoms with E-state index in [0.29, 0.717) is 23.0 Å². The van der Waals surface area contributed by atoms with Gasteiger partial charge < -0.3 is 14.6 Å². The third kappa shape index (κ3) is 9.56. The van der Waals surface area contributed by atoms with Crippen LogP contribution in [-0.2, 0) is 36.0 Å². The largest absolute Gasteiger partial charge is 0.507 e. The van der Waals surface area contributed by atoms with Crippen LogP contribution in [0.15, 0.2) is 12.1 Å². The molecule has 0 spiro atoms. The number of esters is 2. The van der Waals surface area contributed by atoms with E-state index < -0.39 is 0 Å². The molecule has 0 bridgehead atoms. The SMILES string of the molecule is CC(C)(C)c1cc(CSCC(=O)OC2CCCCC2)cc(CSCC(=O)OC2CCCCC2)c1O. The van der Waals surface area contributed by atoms with Gasteiger partial charge in [-0.25, -0.2) is 0 Å². The van der Waals surface area contributed by atoms with Crippen LogP contribution in [0, 0.1) is 0 Å². The van der Waals surface area contributed by atoms with Gasteiger partial charge in [0.15, 0.2) is 0 Å². The van der Waals surface area contributed by atoms with Gasteiger partial charge in [0.05, 0.1) is 11.5 Å². The first kappa shape index (κ1) is 28.2. The summed E-state index contributed by atoms with van der Waals surface area (Å²) in [6.45, 7) is 6.25. The minimum atomic E-state index is -0.218. The summed E-state index contributed by atoms with van der Waals surface area (Å²) in [5, 5.41) is 11.0. The van der Waals surface area contributed by atoms with E-state index in [2.05, 4.69) is 20.8 Å². The first-order valence-electron chi connectivity index (χ1n) is 13.1. The second-order valence-electron chi connectivity index (χ2n) is 10.9. The Kier molecular flexibility index (Phi) is 11.2. The van der Waals surface area contributed by atoms with Crippen LogP contribution in [-0.4, -0.2) is 40.8 Å². The second-order valence-corrected chi connectivity index (χ2v) is 12.9. The van der Waals surface area contributed by atoms with Crippen LogP contribution in [0.25, 0.3) is 0 Å². The molecule has 0 unspecified atom stereocenters. The number of rotatable bonds is 10. The van der Waals surface area contributed by atoms with Crippen LogP contribution in [0.3, 0.4) is 0 Å². The van der Waals surface area contributed by atoms with Crippen molar-refractivity contribution in [2.24, 2.45) is 0 Å². The van der Waals surface area contributed by atoms with Crippen molar-refractivity contribution in [2.45, 2.75) is 114 Å². The minimum absolute atomic E-state index is 0.0721. The van der Waals surface area contributed by atoms with Crippen molar-refractivity contribution in [3.05, 3.63) is 28.8 Å². The van der Waals surface area contributed by atoms with E-state index in [1.165, 1.54) is 24.6 Å². The van der Waals surface area contributed by atoms with Crippen molar-refractivity contribution < 1.29 is 24.2 Å². The van der Waals surface area contributed by atoms with Crippen molar-refractivity contribution in [2.75, 3.05) is 11.5 Å². The van der Waals surface area contributed by atoms with Gasteiger partial charge in [0.2, 0.25) is 0 Å². The summed E-state index contributed by atoms with van der Waals surface area (Å²) < 4.78 is 11.3. The Morgan fingerprint density at radius 3 is 1.80 bits per heavy atom. The van der Waals surface area contributed by atoms with Gasteiger partial charge in [0.25, 0.3) is 0 Å². The highest BCUT2D eigenvalue weighted by Gasteiger charge is 2.23. The predicted molar refractivity (Wildman–Crippen MR) is 145 cm³/mol. The summed E-state index contributed by atoms with van der Waals surface area (Å²) in [6, 6.07) is 4.05. The summed E-state index contributed by atoms with van der Waals surface area (Å²) in [5.41, 5.74) is 2.57. The molecule has 0 radical (unpaired) electrons. The lowest BCUT2D eigenvalue weighted by molar-refractivity contribution is -0.148. The lowest BCUT2D eigenvalue weighted by Crippen LogP contribution is -2.22. The monoisotopic (exact) mass is 522 g/mol. The zero-order valence-electron chi connectivity index (χ0n) is 21.6. The van der Waals surface area contributed by atoms with E-state index in [9.17, 15) is 14.7 Å². The first-order chi connectivity index (χ1) is 16.7. The zero-order valence-corrected chi connectivity index (χ0v) is 23.2. The molecule has 0 aromatic heterocycles. The molecule has 0 amide bonds. The van der Waals surface area contributed by atoms with Gasteiger partial charge in [-0.15, -0.1) is 23.5 Å². The Labute approximate surface area is 219 Å². The van der Waals surface area contributed by atoms with Gasteiger partial charge in [-0.3, -0.25) is 9.59 Å². The topological polar surface area (TPSA) is 72.8 Å². The summed E-state index contributed by atoms with van der Waals surface area (Å²) in [4.78, 5) is 24.5. The Morgan fingerprint density at radius 2 is 1.31 bits per heavy atom. The lowest BCUT2D eigenvalue weighted by atomic mass is 9.84. The number of phenols is 1. The van der Waals surface area contributed by atoms with Gasteiger partial charge in [-0.05, 0) is 67.9 Å². The standard InChI is InChI=1S/C28H42O5S2/c1-28(2,3)24-15-20(16-34-18-25(29)32-22-10-6-4-7-11-22)14-21(27(24)31)17-35-19-26(30)33-23-12-8-5-9-13-23/h14-15,22-23,31H,4-13,16-19H2,1-3H3. The van der Waals surface area contributed by atoms with E-state index in [1.807, 2.05) is 12.1 Å². The molecular weight excluding hydrogens is 480 g/mol. The maximum Gasteiger partial charge on any atom is 0.316 e. The number of carbonyl (C=O) groups is 2. The van der Waals surface area contributed by atoms with E-state index in [4.69, 9.17) is 9.47 Å². The van der Waals surface area contributed by atoms with Crippen LogP contribution < -0.4 is 0 Å². The molecule has 5 nitrogen and oxygen atoms in total. The van der Waals surface area contributed by atoms with E-state index in [-0.39, 0.29) is 35.3 Å². The third-order valence-electron chi connectivity index (χ3n) is 6.72. The summed E-state index contributed by atoms with van der Waals surface area (Å²) in [7, 11) is 0. The van der Waals surface area contributed by atoms with E-state index >= 15 is 0 Å². The van der Waals surface area contributed by atoms with Crippen molar-refractivity contribution >= 4 is 35.5 Å². The third-order valence-corrected chi connectivity index (χ3v) is 8.66. The highest BCUT2D eigenvalue weighted by atomic mass is 32.2. The summed E-state index contributed by atoms with van der Waals surface area (Å²) in [6.07, 6.45) is 11.1. The number of ether oxygens (including phenoxy) is 2. The smallest absolute Gasteiger partial charge is 0.316 e. The molecular formula is C28H42O5S2. The van der Waals surface area contributed by atoms with Gasteiger partial charge in [0, 0.05) is 17.1 Å². The molecule has 2 saturated carbocycles. The second kappa shape index (κ2) is 13.8. The highest BCUT2D eigenvalue weighted by molar-refractivity contribution is 7.99. The normalized spacial score (nSPS) is 17.8. The van der Waals surface area contributed by atoms with Gasteiger partial charge in [-0.2, -0.15) is 0 Å². The molecule has 2 fully saturated rings. The average molecular weight is 523 g/mol. The number of carbonyl (C=O) groups excluding carboxylic acids is 2. The molecule has 1 aromatic carbocycles. The predicted octanol–water partition coefficient (Wildman–Crippen LogP) is 6.91. The van der Waals surface area contributed by atoms with Crippen molar-refractivity contribution in [3.63, 3.8) is 0 Å². The molecule has 7 heteroatoms. The van der Waals surface area contributed by atoms with E-state index in [0.717, 1.165) is 68.1 Å². The molecule has 0 aliphatic heterocycles. The molecule has 196 valence electrons. The molecule has 3 rings (SSSR count). The fourth-order valence-corrected chi connectivity index (χ4v) is 6.34. The number of hydrogen-bond donors (Lipinski definition) is 1. The van der Waals surface area contributed by atoms with Crippen molar-refractivity contribution in [1.29, 1.82) is 0 Å². The van der Waals surface area contributed by atoms with Crippen LogP contribution in [0.4, 0.5) is 0 Å². The Morgan fingerprint density at radius 1 is 0.829 bits per heavy atom. The Bertz CT molecular complexity index is 836. The van der Waals surface area contributed by atoms with Gasteiger partial charge in [0.1, 0.15) is 18.0 Å². The maximum absolute atomic E-state index is 12.3. The fourth-order valence-electron chi connectivity index (χ4n) is 4.83. The number of hydrogen-bond acceptors (Lipinski definition) is 7. The maximum atomic E-state index is 12.3. The number of benzene rings is 1. The minimum Gasteiger partial charge on any atom is -0.507 e. The van der Waals surface area contributed by atoms with Crippen LogP contribution >= 0.6 is 23.5 Å². The molecule has 2 aliphatic carbocycles. The van der Waals surface area contributed by atoms with Crippen LogP contribution in [0.1, 0.15) is 102 Å². The molecule has 35 heavy (non-hydrogen) atoms. The Hall–Kier alpha value is -1.34. The number of phenolic OH excluding ortho intramolecular Hbond substituents is 1. The average Bonchev–Trinajstić information content (AvgIpc) is 2.81. The number of thioether (sulfide) groups is 2. The Balaban J connectivity index is 1.53. The zero-order chi connectivity index (χ0) is 25.3. The highest BCUT2D eigenvalue weighted by Crippen LogP contribution is 2.37. The van der Waals surface area contributed by atoms with Crippen molar-refractivity contribution in [3.8, 4) is 5.75 Å². The molecule has 1 aromatic rings. The van der Waals surface area contributed by atoms with Crippen LogP contribution in [0.5, 0.6) is 5.75 Å². The van der Waals surface area contributed by atoms with E-state index in [1.54, 1.807) is 11.8 Å². The lowest BCUT2D eigenvalue weighted by Gasteiger charge is -2.24. The molecule has 0 saturated heterocycles. The van der Waals surface area contributed by atoms with Crippen molar-refractivity contribution in [1.82, 2.24) is 0 Å². The van der Waals surface area contributed by atoms with Gasteiger partial charge >= 0.3 is 11.9 Å². The summed E-state index contributed by atoms with van der Waals surface area (Å²) >= 11 is 3.03. The molecule has 2 aliphatic rings. The quantitative estimate of drug-likeness (QED) is 0.335. The van der Waals surface area contributed by atoms with Gasteiger partial charge in [-0.1, -0.05) is 45.7 Å². The number of aromatic hydroxyl groups is 1. The summed E-state index contributed by atoms with van der Waals surface area (Å²) in [5.74, 6) is 1.83. The van der Waals surface area contributed by atoms with Crippen LogP contribution in [0.2, 0.25) is 0 Å². The molecule has 0 atom stereocenters. The molecule has 0 heterocycles. The molecule has 1 N–H and O–H groups in total.